The number of ether oxygens (including phenoxy) is 2. The van der Waals surface area contributed by atoms with Crippen LogP contribution in [0.3, 0.4) is 0 Å². The molecular formula is C20H20N2O5S. The number of para-hydroxylation sites is 1. The van der Waals surface area contributed by atoms with Crippen LogP contribution in [0.2, 0.25) is 0 Å². The predicted octanol–water partition coefficient (Wildman–Crippen LogP) is 3.17. The van der Waals surface area contributed by atoms with Gasteiger partial charge in [-0.2, -0.15) is 0 Å². The summed E-state index contributed by atoms with van der Waals surface area (Å²) >= 11 is 1.47. The summed E-state index contributed by atoms with van der Waals surface area (Å²) in [7, 11) is 1.19. The Bertz CT molecular complexity index is 841. The van der Waals surface area contributed by atoms with Gasteiger partial charge in [0.2, 0.25) is 5.91 Å². The number of rotatable bonds is 5. The summed E-state index contributed by atoms with van der Waals surface area (Å²) in [5.74, 6) is 0.813. The van der Waals surface area contributed by atoms with Gasteiger partial charge in [-0.1, -0.05) is 18.2 Å². The van der Waals surface area contributed by atoms with Crippen LogP contribution < -0.4 is 15.4 Å². The number of nitrogens with one attached hydrogen (secondary N) is 2. The molecular weight excluding hydrogens is 380 g/mol. The minimum Gasteiger partial charge on any atom is -0.457 e. The van der Waals surface area contributed by atoms with Gasteiger partial charge in [-0.25, -0.2) is 4.79 Å². The first kappa shape index (κ1) is 19.8. The first-order valence-corrected chi connectivity index (χ1v) is 9.76. The average Bonchev–Trinajstić information content (AvgIpc) is 3.17. The number of thioether (sulfide) groups is 1. The van der Waals surface area contributed by atoms with Crippen LogP contribution in [-0.4, -0.2) is 36.1 Å². The molecule has 0 spiro atoms. The maximum Gasteiger partial charge on any atom is 0.413 e. The number of benzene rings is 2. The summed E-state index contributed by atoms with van der Waals surface area (Å²) in [5.41, 5.74) is 0.458. The molecule has 7 nitrogen and oxygen atoms in total. The molecule has 1 heterocycles. The van der Waals surface area contributed by atoms with Crippen LogP contribution in [0.4, 0.5) is 4.79 Å². The second kappa shape index (κ2) is 9.27. The van der Waals surface area contributed by atoms with E-state index in [9.17, 15) is 14.4 Å². The molecule has 0 saturated carbocycles. The van der Waals surface area contributed by atoms with Crippen molar-refractivity contribution < 1.29 is 23.9 Å². The fourth-order valence-electron chi connectivity index (χ4n) is 2.76. The Labute approximate surface area is 166 Å². The lowest BCUT2D eigenvalue weighted by Crippen LogP contribution is -2.44. The van der Waals surface area contributed by atoms with Gasteiger partial charge in [-0.15, -0.1) is 11.8 Å². The zero-order chi connectivity index (χ0) is 19.9. The Morgan fingerprint density at radius 3 is 2.36 bits per heavy atom. The van der Waals surface area contributed by atoms with Gasteiger partial charge in [0, 0.05) is 5.56 Å². The molecule has 2 unspecified atom stereocenters. The summed E-state index contributed by atoms with van der Waals surface area (Å²) in [6.07, 6.45) is -0.233. The molecule has 0 radical (unpaired) electrons. The van der Waals surface area contributed by atoms with Gasteiger partial charge in [0.15, 0.2) is 0 Å². The highest BCUT2D eigenvalue weighted by molar-refractivity contribution is 8.00. The Morgan fingerprint density at radius 2 is 1.68 bits per heavy atom. The van der Waals surface area contributed by atoms with Crippen molar-refractivity contribution >= 4 is 29.7 Å². The normalized spacial score (nSPS) is 18.2. The highest BCUT2D eigenvalue weighted by Crippen LogP contribution is 2.31. The van der Waals surface area contributed by atoms with Crippen molar-refractivity contribution in [2.24, 2.45) is 5.92 Å². The molecule has 28 heavy (non-hydrogen) atoms. The molecule has 0 aliphatic carbocycles. The number of carbonyl (C=O) groups is 3. The first-order valence-electron chi connectivity index (χ1n) is 8.71. The molecule has 0 bridgehead atoms. The topological polar surface area (TPSA) is 93.7 Å². The zero-order valence-corrected chi connectivity index (χ0v) is 16.0. The van der Waals surface area contributed by atoms with Gasteiger partial charge in [0.05, 0.1) is 18.4 Å². The second-order valence-electron chi connectivity index (χ2n) is 6.08. The van der Waals surface area contributed by atoms with E-state index in [0.29, 0.717) is 29.2 Å². The Kier molecular flexibility index (Phi) is 6.54. The maximum atomic E-state index is 12.5. The van der Waals surface area contributed by atoms with E-state index in [1.54, 1.807) is 24.3 Å². The Balaban J connectivity index is 1.59. The fourth-order valence-corrected chi connectivity index (χ4v) is 4.08. The third-order valence-electron chi connectivity index (χ3n) is 4.21. The van der Waals surface area contributed by atoms with Crippen molar-refractivity contribution in [2.45, 2.75) is 11.8 Å². The molecule has 1 aliphatic heterocycles. The van der Waals surface area contributed by atoms with Gasteiger partial charge in [-0.3, -0.25) is 14.9 Å². The van der Waals surface area contributed by atoms with Crippen LogP contribution in [0.15, 0.2) is 54.6 Å². The number of amides is 3. The molecule has 2 aromatic rings. The largest absolute Gasteiger partial charge is 0.457 e. The smallest absolute Gasteiger partial charge is 0.413 e. The van der Waals surface area contributed by atoms with Gasteiger partial charge in [0.1, 0.15) is 11.5 Å². The lowest BCUT2D eigenvalue weighted by Gasteiger charge is -2.19. The van der Waals surface area contributed by atoms with Crippen LogP contribution in [-0.2, 0) is 9.53 Å². The van der Waals surface area contributed by atoms with Crippen molar-refractivity contribution in [3.63, 3.8) is 0 Å². The molecule has 1 aliphatic rings. The quantitative estimate of drug-likeness (QED) is 0.801. The minimum absolute atomic E-state index is 0.290. The van der Waals surface area contributed by atoms with E-state index in [-0.39, 0.29) is 5.91 Å². The van der Waals surface area contributed by atoms with Crippen molar-refractivity contribution in [1.29, 1.82) is 0 Å². The third-order valence-corrected chi connectivity index (χ3v) is 5.48. The molecule has 1 saturated heterocycles. The zero-order valence-electron chi connectivity index (χ0n) is 15.2. The molecule has 1 fully saturated rings. The fraction of sp³-hybridized carbons (Fsp3) is 0.250. The summed E-state index contributed by atoms with van der Waals surface area (Å²) in [5, 5.41) is 4.62. The van der Waals surface area contributed by atoms with Crippen LogP contribution in [0, 0.1) is 5.92 Å². The first-order chi connectivity index (χ1) is 13.6. The second-order valence-corrected chi connectivity index (χ2v) is 7.33. The Morgan fingerprint density at radius 1 is 1.00 bits per heavy atom. The molecule has 2 aromatic carbocycles. The standard InChI is InChI=1S/C20H20N2O5S/c1-26-20(25)22-18(24)16-11-12-28-19(16)21-17(23)13-7-9-15(10-8-13)27-14-5-3-2-4-6-14/h2-10,16,19H,11-12H2,1H3,(H,21,23)(H,22,24,25). The summed E-state index contributed by atoms with van der Waals surface area (Å²) in [4.78, 5) is 35.9. The maximum absolute atomic E-state index is 12.5. The monoisotopic (exact) mass is 400 g/mol. The molecule has 8 heteroatoms. The van der Waals surface area contributed by atoms with E-state index in [1.165, 1.54) is 18.9 Å². The van der Waals surface area contributed by atoms with E-state index in [2.05, 4.69) is 15.4 Å². The highest BCUT2D eigenvalue weighted by atomic mass is 32.2. The van der Waals surface area contributed by atoms with Crippen LogP contribution in [0.5, 0.6) is 11.5 Å². The molecule has 2 atom stereocenters. The summed E-state index contributed by atoms with van der Waals surface area (Å²) in [6.45, 7) is 0. The lowest BCUT2D eigenvalue weighted by atomic mass is 10.1. The van der Waals surface area contributed by atoms with Crippen LogP contribution in [0.1, 0.15) is 16.8 Å². The van der Waals surface area contributed by atoms with Crippen molar-refractivity contribution in [3.8, 4) is 11.5 Å². The molecule has 146 valence electrons. The van der Waals surface area contributed by atoms with Crippen LogP contribution in [0.25, 0.3) is 0 Å². The number of alkyl carbamates (subject to hydrolysis) is 1. The van der Waals surface area contributed by atoms with Crippen LogP contribution >= 0.6 is 11.8 Å². The van der Waals surface area contributed by atoms with E-state index >= 15 is 0 Å². The molecule has 2 N–H and O–H groups in total. The van der Waals surface area contributed by atoms with Gasteiger partial charge < -0.3 is 14.8 Å². The van der Waals surface area contributed by atoms with E-state index in [1.807, 2.05) is 30.3 Å². The molecule has 3 rings (SSSR count). The SMILES string of the molecule is COC(=O)NC(=O)C1CCSC1NC(=O)c1ccc(Oc2ccccc2)cc1. The van der Waals surface area contributed by atoms with Crippen molar-refractivity contribution in [1.82, 2.24) is 10.6 Å². The number of hydrogen-bond donors (Lipinski definition) is 2. The van der Waals surface area contributed by atoms with E-state index < -0.39 is 23.3 Å². The third kappa shape index (κ3) is 5.04. The predicted molar refractivity (Wildman–Crippen MR) is 105 cm³/mol. The van der Waals surface area contributed by atoms with Crippen molar-refractivity contribution in [3.05, 3.63) is 60.2 Å². The minimum atomic E-state index is -0.805. The number of methoxy groups -OCH3 is 1. The van der Waals surface area contributed by atoms with E-state index in [4.69, 9.17) is 4.74 Å². The van der Waals surface area contributed by atoms with Gasteiger partial charge in [0.25, 0.3) is 5.91 Å². The number of carbonyl (C=O) groups excluding carboxylic acids is 3. The molecule has 0 aromatic heterocycles. The summed E-state index contributed by atoms with van der Waals surface area (Å²) < 4.78 is 10.2. The van der Waals surface area contributed by atoms with Crippen molar-refractivity contribution in [2.75, 3.05) is 12.9 Å². The summed E-state index contributed by atoms with van der Waals surface area (Å²) in [6, 6.07) is 16.1. The average molecular weight is 400 g/mol. The molecule has 3 amide bonds. The van der Waals surface area contributed by atoms with Gasteiger partial charge in [-0.05, 0) is 48.6 Å². The Hall–Kier alpha value is -3.00. The number of hydrogen-bond acceptors (Lipinski definition) is 6. The van der Waals surface area contributed by atoms with Gasteiger partial charge >= 0.3 is 6.09 Å². The van der Waals surface area contributed by atoms with E-state index in [0.717, 1.165) is 0 Å². The highest BCUT2D eigenvalue weighted by Gasteiger charge is 2.35. The lowest BCUT2D eigenvalue weighted by molar-refractivity contribution is -0.124. The number of imide groups is 1.